The van der Waals surface area contributed by atoms with Crippen LogP contribution in [0.5, 0.6) is 0 Å². The van der Waals surface area contributed by atoms with Crippen molar-refractivity contribution in [1.29, 1.82) is 0 Å². The summed E-state index contributed by atoms with van der Waals surface area (Å²) >= 11 is 7.34. The highest BCUT2D eigenvalue weighted by Crippen LogP contribution is 2.18. The van der Waals surface area contributed by atoms with Gasteiger partial charge in [-0.2, -0.15) is 4.31 Å². The maximum absolute atomic E-state index is 12.7. The van der Waals surface area contributed by atoms with Gasteiger partial charge in [0, 0.05) is 16.4 Å². The van der Waals surface area contributed by atoms with E-state index in [0.717, 1.165) is 4.88 Å². The van der Waals surface area contributed by atoms with Gasteiger partial charge in [0.15, 0.2) is 0 Å². The molecule has 0 radical (unpaired) electrons. The highest BCUT2D eigenvalue weighted by Gasteiger charge is 2.25. The Morgan fingerprint density at radius 3 is 2.54 bits per heavy atom. The molecule has 8 heteroatoms. The van der Waals surface area contributed by atoms with Gasteiger partial charge in [-0.05, 0) is 42.1 Å². The molecule has 24 heavy (non-hydrogen) atoms. The fourth-order valence-corrected chi connectivity index (χ4v) is 4.36. The summed E-state index contributed by atoms with van der Waals surface area (Å²) in [5.41, 5.74) is 0. The van der Waals surface area contributed by atoms with Crippen molar-refractivity contribution >= 4 is 38.9 Å². The van der Waals surface area contributed by atoms with E-state index in [1.807, 2.05) is 24.4 Å². The standard InChI is InChI=1S/C16H19ClN2O3S2/c1-2-9-19(12-16(20)18-11-14-4-3-10-23-14)24(21,22)15-7-5-13(17)6-8-15/h3-8,10H,2,9,11-12H2,1H3,(H,18,20). The molecule has 2 rings (SSSR count). The SMILES string of the molecule is CCCN(CC(=O)NCc1cccs1)S(=O)(=O)c1ccc(Cl)cc1. The van der Waals surface area contributed by atoms with Crippen molar-refractivity contribution in [3.05, 3.63) is 51.7 Å². The molecule has 130 valence electrons. The summed E-state index contributed by atoms with van der Waals surface area (Å²) in [6, 6.07) is 9.76. The van der Waals surface area contributed by atoms with Crippen LogP contribution in [0.2, 0.25) is 5.02 Å². The van der Waals surface area contributed by atoms with E-state index in [2.05, 4.69) is 5.32 Å². The Labute approximate surface area is 151 Å². The smallest absolute Gasteiger partial charge is 0.243 e. The summed E-state index contributed by atoms with van der Waals surface area (Å²) in [4.78, 5) is 13.3. The molecule has 1 amide bonds. The first-order chi connectivity index (χ1) is 11.4. The predicted octanol–water partition coefficient (Wildman–Crippen LogP) is 3.12. The zero-order valence-electron chi connectivity index (χ0n) is 13.2. The fraction of sp³-hybridized carbons (Fsp3) is 0.312. The third-order valence-electron chi connectivity index (χ3n) is 3.28. The molecule has 1 aromatic heterocycles. The van der Waals surface area contributed by atoms with E-state index in [1.165, 1.54) is 39.9 Å². The summed E-state index contributed by atoms with van der Waals surface area (Å²) in [5.74, 6) is -0.325. The first-order valence-electron chi connectivity index (χ1n) is 7.48. The Hall–Kier alpha value is -1.41. The van der Waals surface area contributed by atoms with Crippen molar-refractivity contribution in [3.8, 4) is 0 Å². The average Bonchev–Trinajstić information content (AvgIpc) is 3.06. The van der Waals surface area contributed by atoms with E-state index < -0.39 is 10.0 Å². The molecule has 0 aliphatic rings. The van der Waals surface area contributed by atoms with Crippen LogP contribution in [-0.2, 0) is 21.4 Å². The first kappa shape index (κ1) is 18.9. The molecule has 0 saturated heterocycles. The summed E-state index contributed by atoms with van der Waals surface area (Å²) in [6.07, 6.45) is 0.616. The van der Waals surface area contributed by atoms with Crippen LogP contribution in [0, 0.1) is 0 Å². The molecule has 0 atom stereocenters. The van der Waals surface area contributed by atoms with Gasteiger partial charge in [0.25, 0.3) is 0 Å². The quantitative estimate of drug-likeness (QED) is 0.757. The molecule has 5 nitrogen and oxygen atoms in total. The third-order valence-corrected chi connectivity index (χ3v) is 6.27. The van der Waals surface area contributed by atoms with Crippen molar-refractivity contribution in [2.24, 2.45) is 0 Å². The maximum atomic E-state index is 12.7. The topological polar surface area (TPSA) is 66.5 Å². The van der Waals surface area contributed by atoms with Gasteiger partial charge in [0.1, 0.15) is 0 Å². The van der Waals surface area contributed by atoms with Gasteiger partial charge >= 0.3 is 0 Å². The number of hydrogen-bond acceptors (Lipinski definition) is 4. The van der Waals surface area contributed by atoms with Crippen LogP contribution >= 0.6 is 22.9 Å². The van der Waals surface area contributed by atoms with Crippen molar-refractivity contribution in [2.75, 3.05) is 13.1 Å². The van der Waals surface area contributed by atoms with Crippen molar-refractivity contribution < 1.29 is 13.2 Å². The van der Waals surface area contributed by atoms with Gasteiger partial charge < -0.3 is 5.32 Å². The lowest BCUT2D eigenvalue weighted by atomic mass is 10.4. The molecule has 0 fully saturated rings. The second-order valence-corrected chi connectivity index (χ2v) is 8.56. The van der Waals surface area contributed by atoms with Crippen LogP contribution in [-0.4, -0.2) is 31.7 Å². The average molecular weight is 387 g/mol. The van der Waals surface area contributed by atoms with Crippen molar-refractivity contribution in [3.63, 3.8) is 0 Å². The number of nitrogens with one attached hydrogen (secondary N) is 1. The van der Waals surface area contributed by atoms with Crippen LogP contribution < -0.4 is 5.32 Å². The lowest BCUT2D eigenvalue weighted by molar-refractivity contribution is -0.121. The summed E-state index contributed by atoms with van der Waals surface area (Å²) in [6.45, 7) is 2.34. The van der Waals surface area contributed by atoms with E-state index in [1.54, 1.807) is 0 Å². The molecule has 2 aromatic rings. The number of hydrogen-bond donors (Lipinski definition) is 1. The number of halogens is 1. The van der Waals surface area contributed by atoms with Crippen LogP contribution in [0.1, 0.15) is 18.2 Å². The summed E-state index contributed by atoms with van der Waals surface area (Å²) in [5, 5.41) is 5.14. The summed E-state index contributed by atoms with van der Waals surface area (Å²) in [7, 11) is -3.73. The molecule has 1 N–H and O–H groups in total. The Kier molecular flexibility index (Phi) is 6.79. The number of amides is 1. The largest absolute Gasteiger partial charge is 0.350 e. The minimum absolute atomic E-state index is 0.131. The zero-order chi connectivity index (χ0) is 17.6. The minimum atomic E-state index is -3.73. The molecular formula is C16H19ClN2O3S2. The molecule has 0 aliphatic heterocycles. The zero-order valence-corrected chi connectivity index (χ0v) is 15.6. The normalized spacial score (nSPS) is 11.6. The molecular weight excluding hydrogens is 368 g/mol. The number of carbonyl (C=O) groups is 1. The van der Waals surface area contributed by atoms with Gasteiger partial charge in [-0.1, -0.05) is 24.6 Å². The van der Waals surface area contributed by atoms with Gasteiger partial charge in [-0.3, -0.25) is 4.79 Å². The molecule has 0 bridgehead atoms. The van der Waals surface area contributed by atoms with Crippen LogP contribution in [0.4, 0.5) is 0 Å². The summed E-state index contributed by atoms with van der Waals surface area (Å²) < 4.78 is 26.6. The molecule has 1 aromatic carbocycles. The van der Waals surface area contributed by atoms with E-state index >= 15 is 0 Å². The lowest BCUT2D eigenvalue weighted by Gasteiger charge is -2.21. The second-order valence-electron chi connectivity index (χ2n) is 5.15. The number of thiophene rings is 1. The number of rotatable bonds is 8. The Balaban J connectivity index is 2.07. The number of carbonyl (C=O) groups excluding carboxylic acids is 1. The van der Waals surface area contributed by atoms with E-state index in [-0.39, 0.29) is 23.9 Å². The van der Waals surface area contributed by atoms with Crippen molar-refractivity contribution in [2.45, 2.75) is 24.8 Å². The van der Waals surface area contributed by atoms with Crippen LogP contribution in [0.15, 0.2) is 46.7 Å². The molecule has 1 heterocycles. The Bertz CT molecular complexity index is 759. The van der Waals surface area contributed by atoms with Crippen LogP contribution in [0.25, 0.3) is 0 Å². The molecule has 0 saturated carbocycles. The lowest BCUT2D eigenvalue weighted by Crippen LogP contribution is -2.40. The highest BCUT2D eigenvalue weighted by atomic mass is 35.5. The van der Waals surface area contributed by atoms with Gasteiger partial charge in [-0.15, -0.1) is 11.3 Å². The van der Waals surface area contributed by atoms with Gasteiger partial charge in [0.2, 0.25) is 15.9 Å². The van der Waals surface area contributed by atoms with E-state index in [9.17, 15) is 13.2 Å². The molecule has 0 spiro atoms. The Morgan fingerprint density at radius 2 is 1.96 bits per heavy atom. The van der Waals surface area contributed by atoms with Crippen molar-refractivity contribution in [1.82, 2.24) is 9.62 Å². The van der Waals surface area contributed by atoms with Gasteiger partial charge in [-0.25, -0.2) is 8.42 Å². The number of nitrogens with zero attached hydrogens (tertiary/aromatic N) is 1. The third kappa shape index (κ3) is 5.04. The fourth-order valence-electron chi connectivity index (χ4n) is 2.10. The highest BCUT2D eigenvalue weighted by molar-refractivity contribution is 7.89. The number of benzene rings is 1. The molecule has 0 aliphatic carbocycles. The Morgan fingerprint density at radius 1 is 1.25 bits per heavy atom. The minimum Gasteiger partial charge on any atom is -0.350 e. The monoisotopic (exact) mass is 386 g/mol. The van der Waals surface area contributed by atoms with E-state index in [0.29, 0.717) is 18.0 Å². The maximum Gasteiger partial charge on any atom is 0.243 e. The van der Waals surface area contributed by atoms with Crippen LogP contribution in [0.3, 0.4) is 0 Å². The number of sulfonamides is 1. The molecule has 0 unspecified atom stereocenters. The second kappa shape index (κ2) is 8.62. The van der Waals surface area contributed by atoms with Gasteiger partial charge in [0.05, 0.1) is 18.0 Å². The first-order valence-corrected chi connectivity index (χ1v) is 10.2. The van der Waals surface area contributed by atoms with E-state index in [4.69, 9.17) is 11.6 Å². The predicted molar refractivity (Wildman–Crippen MR) is 96.7 cm³/mol.